The first-order chi connectivity index (χ1) is 5.70. The van der Waals surface area contributed by atoms with E-state index in [1.165, 1.54) is 12.7 Å². The van der Waals surface area contributed by atoms with E-state index in [1.54, 1.807) is 0 Å². The van der Waals surface area contributed by atoms with Crippen molar-refractivity contribution < 1.29 is 9.21 Å². The molecule has 0 saturated carbocycles. The fourth-order valence-corrected chi connectivity index (χ4v) is 0.712. The van der Waals surface area contributed by atoms with Crippen LogP contribution in [0, 0.1) is 5.92 Å². The lowest BCUT2D eigenvalue weighted by Gasteiger charge is -2.04. The number of nitrogens with zero attached hydrogens (tertiary/aromatic N) is 1. The fourth-order valence-electron chi connectivity index (χ4n) is 0.712. The summed E-state index contributed by atoms with van der Waals surface area (Å²) in [5.74, 6) is 0.262. The maximum absolute atomic E-state index is 11.2. The van der Waals surface area contributed by atoms with Crippen molar-refractivity contribution in [3.63, 3.8) is 0 Å². The van der Waals surface area contributed by atoms with Crippen molar-refractivity contribution in [3.05, 3.63) is 18.4 Å². The van der Waals surface area contributed by atoms with Crippen LogP contribution in [0.2, 0.25) is 0 Å². The van der Waals surface area contributed by atoms with Gasteiger partial charge in [-0.3, -0.25) is 4.79 Å². The Morgan fingerprint density at radius 3 is 3.00 bits per heavy atom. The molecule has 0 fully saturated rings. The van der Waals surface area contributed by atoms with Gasteiger partial charge in [0.2, 0.25) is 0 Å². The normalized spacial score (nSPS) is 10.2. The maximum Gasteiger partial charge on any atom is 0.273 e. The van der Waals surface area contributed by atoms with Gasteiger partial charge in [0.15, 0.2) is 12.1 Å². The summed E-state index contributed by atoms with van der Waals surface area (Å²) in [6, 6.07) is 0. The van der Waals surface area contributed by atoms with Gasteiger partial charge >= 0.3 is 0 Å². The Morgan fingerprint density at radius 2 is 2.50 bits per heavy atom. The number of nitrogens with one attached hydrogen (secondary N) is 1. The summed E-state index contributed by atoms with van der Waals surface area (Å²) in [6.07, 6.45) is 2.57. The summed E-state index contributed by atoms with van der Waals surface area (Å²) in [4.78, 5) is 14.9. The average molecular weight is 168 g/mol. The molecule has 0 unspecified atom stereocenters. The van der Waals surface area contributed by atoms with Gasteiger partial charge < -0.3 is 9.73 Å². The van der Waals surface area contributed by atoms with E-state index in [-0.39, 0.29) is 5.91 Å². The lowest BCUT2D eigenvalue weighted by molar-refractivity contribution is 0.0944. The minimum absolute atomic E-state index is 0.183. The first-order valence-corrected chi connectivity index (χ1v) is 3.86. The molecule has 1 aromatic heterocycles. The largest absolute Gasteiger partial charge is 0.451 e. The number of carbonyl (C=O) groups excluding carboxylic acids is 1. The average Bonchev–Trinajstić information content (AvgIpc) is 2.51. The first-order valence-electron chi connectivity index (χ1n) is 3.86. The van der Waals surface area contributed by atoms with Crippen molar-refractivity contribution >= 4 is 5.91 Å². The van der Waals surface area contributed by atoms with Gasteiger partial charge in [0.25, 0.3) is 5.91 Å². The number of oxazole rings is 1. The van der Waals surface area contributed by atoms with Crippen LogP contribution in [-0.4, -0.2) is 17.4 Å². The maximum atomic E-state index is 11.2. The Labute approximate surface area is 71.0 Å². The van der Waals surface area contributed by atoms with Crippen LogP contribution in [-0.2, 0) is 0 Å². The second-order valence-corrected chi connectivity index (χ2v) is 2.98. The third-order valence-electron chi connectivity index (χ3n) is 1.34. The highest BCUT2D eigenvalue weighted by Crippen LogP contribution is 1.94. The highest BCUT2D eigenvalue weighted by Gasteiger charge is 2.07. The van der Waals surface area contributed by atoms with Gasteiger partial charge in [-0.05, 0) is 5.92 Å². The quantitative estimate of drug-likeness (QED) is 0.734. The molecule has 4 nitrogen and oxygen atoms in total. The van der Waals surface area contributed by atoms with Gasteiger partial charge in [-0.1, -0.05) is 13.8 Å². The number of carbonyl (C=O) groups is 1. The van der Waals surface area contributed by atoms with Crippen molar-refractivity contribution in [2.45, 2.75) is 13.8 Å². The monoisotopic (exact) mass is 168 g/mol. The molecule has 0 aliphatic heterocycles. The molecule has 4 heteroatoms. The number of rotatable bonds is 3. The summed E-state index contributed by atoms with van der Waals surface area (Å²) in [6.45, 7) is 4.72. The second kappa shape index (κ2) is 3.90. The summed E-state index contributed by atoms with van der Waals surface area (Å²) in [7, 11) is 0. The van der Waals surface area contributed by atoms with E-state index in [1.807, 2.05) is 13.8 Å². The zero-order valence-electron chi connectivity index (χ0n) is 7.20. The van der Waals surface area contributed by atoms with Gasteiger partial charge in [-0.15, -0.1) is 0 Å². The Hall–Kier alpha value is -1.32. The van der Waals surface area contributed by atoms with Crippen LogP contribution in [0.5, 0.6) is 0 Å². The SMILES string of the molecule is CC(C)CNC(=O)c1cocn1. The van der Waals surface area contributed by atoms with Gasteiger partial charge in [-0.25, -0.2) is 4.98 Å². The Kier molecular flexibility index (Phi) is 2.85. The molecule has 1 N–H and O–H groups in total. The van der Waals surface area contributed by atoms with Crippen molar-refractivity contribution in [1.29, 1.82) is 0 Å². The van der Waals surface area contributed by atoms with Gasteiger partial charge in [0, 0.05) is 6.54 Å². The van der Waals surface area contributed by atoms with Crippen LogP contribution in [0.15, 0.2) is 17.1 Å². The van der Waals surface area contributed by atoms with E-state index in [2.05, 4.69) is 14.7 Å². The van der Waals surface area contributed by atoms with Crippen LogP contribution in [0.4, 0.5) is 0 Å². The molecule has 0 aromatic carbocycles. The van der Waals surface area contributed by atoms with E-state index in [9.17, 15) is 4.79 Å². The number of amides is 1. The molecule has 1 heterocycles. The molecule has 66 valence electrons. The molecule has 12 heavy (non-hydrogen) atoms. The highest BCUT2D eigenvalue weighted by molar-refractivity contribution is 5.91. The van der Waals surface area contributed by atoms with E-state index in [4.69, 9.17) is 0 Å². The Morgan fingerprint density at radius 1 is 1.75 bits per heavy atom. The van der Waals surface area contributed by atoms with Gasteiger partial charge in [0.1, 0.15) is 6.26 Å². The topological polar surface area (TPSA) is 55.1 Å². The predicted molar refractivity (Wildman–Crippen MR) is 43.7 cm³/mol. The summed E-state index contributed by atoms with van der Waals surface area (Å²) < 4.78 is 4.67. The standard InChI is InChI=1S/C8H12N2O2/c1-6(2)3-9-8(11)7-4-12-5-10-7/h4-6H,3H2,1-2H3,(H,9,11). The summed E-state index contributed by atoms with van der Waals surface area (Å²) >= 11 is 0. The number of hydrogen-bond donors (Lipinski definition) is 1. The molecule has 0 aliphatic carbocycles. The third-order valence-corrected chi connectivity index (χ3v) is 1.34. The van der Waals surface area contributed by atoms with Crippen LogP contribution >= 0.6 is 0 Å². The third kappa shape index (κ3) is 2.38. The molecule has 0 saturated heterocycles. The second-order valence-electron chi connectivity index (χ2n) is 2.98. The summed E-state index contributed by atoms with van der Waals surface area (Å²) in [5.41, 5.74) is 0.329. The summed E-state index contributed by atoms with van der Waals surface area (Å²) in [5, 5.41) is 2.72. The minimum Gasteiger partial charge on any atom is -0.451 e. The molecular weight excluding hydrogens is 156 g/mol. The van der Waals surface area contributed by atoms with Gasteiger partial charge in [0.05, 0.1) is 0 Å². The Balaban J connectivity index is 2.40. The lowest BCUT2D eigenvalue weighted by atomic mass is 10.2. The van der Waals surface area contributed by atoms with E-state index in [0.717, 1.165) is 0 Å². The zero-order valence-corrected chi connectivity index (χ0v) is 7.20. The van der Waals surface area contributed by atoms with Gasteiger partial charge in [-0.2, -0.15) is 0 Å². The molecule has 0 aliphatic rings. The molecule has 0 radical (unpaired) electrons. The van der Waals surface area contributed by atoms with Crippen LogP contribution in [0.25, 0.3) is 0 Å². The molecule has 0 bridgehead atoms. The Bertz CT molecular complexity index is 242. The van der Waals surface area contributed by atoms with Crippen molar-refractivity contribution in [2.24, 2.45) is 5.92 Å². The van der Waals surface area contributed by atoms with Crippen molar-refractivity contribution in [3.8, 4) is 0 Å². The van der Waals surface area contributed by atoms with Crippen molar-refractivity contribution in [2.75, 3.05) is 6.54 Å². The lowest BCUT2D eigenvalue weighted by Crippen LogP contribution is -2.27. The molecule has 1 rings (SSSR count). The molecule has 1 aromatic rings. The predicted octanol–water partition coefficient (Wildman–Crippen LogP) is 1.06. The molecule has 1 amide bonds. The van der Waals surface area contributed by atoms with E-state index < -0.39 is 0 Å². The highest BCUT2D eigenvalue weighted by atomic mass is 16.3. The number of aromatic nitrogens is 1. The first kappa shape index (κ1) is 8.77. The van der Waals surface area contributed by atoms with Crippen molar-refractivity contribution in [1.82, 2.24) is 10.3 Å². The minimum atomic E-state index is -0.183. The van der Waals surface area contributed by atoms with Crippen LogP contribution < -0.4 is 5.32 Å². The zero-order chi connectivity index (χ0) is 8.97. The van der Waals surface area contributed by atoms with E-state index >= 15 is 0 Å². The molecular formula is C8H12N2O2. The molecule has 0 spiro atoms. The molecule has 0 atom stereocenters. The van der Waals surface area contributed by atoms with E-state index in [0.29, 0.717) is 18.2 Å². The van der Waals surface area contributed by atoms with Crippen LogP contribution in [0.1, 0.15) is 24.3 Å². The smallest absolute Gasteiger partial charge is 0.273 e. The van der Waals surface area contributed by atoms with Crippen LogP contribution in [0.3, 0.4) is 0 Å². The number of hydrogen-bond acceptors (Lipinski definition) is 3. The fraction of sp³-hybridized carbons (Fsp3) is 0.500.